The second kappa shape index (κ2) is 7.02. The first kappa shape index (κ1) is 17.1. The predicted octanol–water partition coefficient (Wildman–Crippen LogP) is 1.22. The Labute approximate surface area is 145 Å². The molecule has 1 atom stereocenters. The summed E-state index contributed by atoms with van der Waals surface area (Å²) in [4.78, 5) is 27.4. The Bertz CT molecular complexity index is 757. The van der Waals surface area contributed by atoms with Crippen LogP contribution in [0.15, 0.2) is 36.5 Å². The molecule has 8 nitrogen and oxygen atoms in total. The number of hydrogen-bond acceptors (Lipinski definition) is 5. The molecule has 1 amide bonds. The van der Waals surface area contributed by atoms with Crippen molar-refractivity contribution < 1.29 is 19.4 Å². The number of amides is 1. The van der Waals surface area contributed by atoms with Crippen molar-refractivity contribution >= 4 is 11.9 Å². The molecule has 3 rings (SSSR count). The van der Waals surface area contributed by atoms with Crippen LogP contribution in [0, 0.1) is 5.41 Å². The van der Waals surface area contributed by atoms with Crippen molar-refractivity contribution in [1.82, 2.24) is 19.9 Å². The molecule has 1 fully saturated rings. The Morgan fingerprint density at radius 1 is 1.32 bits per heavy atom. The fraction of sp³-hybridized carbons (Fsp3) is 0.412. The summed E-state index contributed by atoms with van der Waals surface area (Å²) in [6, 6.07) is 9.27. The van der Waals surface area contributed by atoms with E-state index in [1.165, 1.54) is 23.0 Å². The first-order valence-electron chi connectivity index (χ1n) is 8.05. The summed E-state index contributed by atoms with van der Waals surface area (Å²) >= 11 is 0. The van der Waals surface area contributed by atoms with Crippen molar-refractivity contribution in [2.45, 2.75) is 12.8 Å². The SMILES string of the molecule is COC[C@@]1(C(=O)O)CCCN(C(=O)c2cnn(-c3ccccc3)n2)C1. The summed E-state index contributed by atoms with van der Waals surface area (Å²) in [7, 11) is 1.47. The Kier molecular flexibility index (Phi) is 4.80. The average Bonchev–Trinajstić information content (AvgIpc) is 3.12. The first-order valence-corrected chi connectivity index (χ1v) is 8.05. The zero-order valence-electron chi connectivity index (χ0n) is 14.0. The lowest BCUT2D eigenvalue weighted by Crippen LogP contribution is -2.52. The molecule has 132 valence electrons. The first-order chi connectivity index (χ1) is 12.1. The third-order valence-corrected chi connectivity index (χ3v) is 4.44. The molecule has 1 aliphatic rings. The Morgan fingerprint density at radius 2 is 2.08 bits per heavy atom. The molecule has 0 aliphatic carbocycles. The normalized spacial score (nSPS) is 20.4. The fourth-order valence-corrected chi connectivity index (χ4v) is 3.14. The number of piperidine rings is 1. The van der Waals surface area contributed by atoms with Crippen molar-refractivity contribution in [3.63, 3.8) is 0 Å². The van der Waals surface area contributed by atoms with Gasteiger partial charge < -0.3 is 14.7 Å². The van der Waals surface area contributed by atoms with Gasteiger partial charge in [0, 0.05) is 20.2 Å². The molecule has 1 N–H and O–H groups in total. The van der Waals surface area contributed by atoms with E-state index in [4.69, 9.17) is 4.74 Å². The Hall–Kier alpha value is -2.74. The van der Waals surface area contributed by atoms with E-state index in [-0.39, 0.29) is 24.8 Å². The number of methoxy groups -OCH3 is 1. The second-order valence-corrected chi connectivity index (χ2v) is 6.20. The van der Waals surface area contributed by atoms with Gasteiger partial charge in [0.25, 0.3) is 5.91 Å². The van der Waals surface area contributed by atoms with Gasteiger partial charge in [0.1, 0.15) is 5.41 Å². The number of aliphatic carboxylic acids is 1. The molecule has 25 heavy (non-hydrogen) atoms. The van der Waals surface area contributed by atoms with Crippen molar-refractivity contribution in [2.24, 2.45) is 5.41 Å². The van der Waals surface area contributed by atoms with E-state index in [1.807, 2.05) is 30.3 Å². The van der Waals surface area contributed by atoms with Gasteiger partial charge in [-0.1, -0.05) is 18.2 Å². The van der Waals surface area contributed by atoms with Crippen LogP contribution in [0.4, 0.5) is 0 Å². The van der Waals surface area contributed by atoms with Gasteiger partial charge in [0.15, 0.2) is 5.69 Å². The van der Waals surface area contributed by atoms with Crippen LogP contribution in [0.5, 0.6) is 0 Å². The van der Waals surface area contributed by atoms with Gasteiger partial charge in [-0.15, -0.1) is 5.10 Å². The number of carbonyl (C=O) groups is 2. The summed E-state index contributed by atoms with van der Waals surface area (Å²) in [5.74, 6) is -1.26. The van der Waals surface area contributed by atoms with Crippen molar-refractivity contribution in [3.8, 4) is 5.69 Å². The highest BCUT2D eigenvalue weighted by Gasteiger charge is 2.44. The van der Waals surface area contributed by atoms with Gasteiger partial charge >= 0.3 is 5.97 Å². The Morgan fingerprint density at radius 3 is 2.76 bits per heavy atom. The number of likely N-dealkylation sites (tertiary alicyclic amines) is 1. The maximum Gasteiger partial charge on any atom is 0.313 e. The molecule has 2 heterocycles. The minimum Gasteiger partial charge on any atom is -0.481 e. The van der Waals surface area contributed by atoms with Crippen LogP contribution >= 0.6 is 0 Å². The number of carbonyl (C=O) groups excluding carboxylic acids is 1. The number of para-hydroxylation sites is 1. The molecule has 0 radical (unpaired) electrons. The van der Waals surface area contributed by atoms with E-state index in [0.717, 1.165) is 5.69 Å². The molecule has 1 aliphatic heterocycles. The van der Waals surface area contributed by atoms with Crippen LogP contribution < -0.4 is 0 Å². The molecule has 1 aromatic heterocycles. The Balaban J connectivity index is 1.79. The lowest BCUT2D eigenvalue weighted by atomic mass is 9.80. The maximum absolute atomic E-state index is 12.7. The predicted molar refractivity (Wildman–Crippen MR) is 88.4 cm³/mol. The van der Waals surface area contributed by atoms with E-state index < -0.39 is 11.4 Å². The number of nitrogens with zero attached hydrogens (tertiary/aromatic N) is 4. The quantitative estimate of drug-likeness (QED) is 0.876. The zero-order chi connectivity index (χ0) is 17.9. The van der Waals surface area contributed by atoms with E-state index in [1.54, 1.807) is 0 Å². The molecular formula is C17H20N4O4. The topological polar surface area (TPSA) is 97.5 Å². The number of benzene rings is 1. The van der Waals surface area contributed by atoms with Crippen LogP contribution in [0.1, 0.15) is 23.3 Å². The molecule has 1 aromatic carbocycles. The molecule has 0 spiro atoms. The number of ether oxygens (including phenoxy) is 1. The molecular weight excluding hydrogens is 324 g/mol. The third kappa shape index (κ3) is 3.39. The highest BCUT2D eigenvalue weighted by molar-refractivity contribution is 5.92. The van der Waals surface area contributed by atoms with Gasteiger partial charge in [-0.2, -0.15) is 9.90 Å². The van der Waals surface area contributed by atoms with Crippen LogP contribution in [0.2, 0.25) is 0 Å². The summed E-state index contributed by atoms with van der Waals surface area (Å²) < 4.78 is 5.09. The maximum atomic E-state index is 12.7. The number of hydrogen-bond donors (Lipinski definition) is 1. The zero-order valence-corrected chi connectivity index (χ0v) is 14.0. The summed E-state index contributed by atoms with van der Waals surface area (Å²) in [6.07, 6.45) is 2.49. The smallest absolute Gasteiger partial charge is 0.313 e. The highest BCUT2D eigenvalue weighted by Crippen LogP contribution is 2.31. The number of carboxylic acid groups (broad SMARTS) is 1. The van der Waals surface area contributed by atoms with Gasteiger partial charge in [-0.25, -0.2) is 0 Å². The van der Waals surface area contributed by atoms with Crippen LogP contribution in [0.25, 0.3) is 5.69 Å². The summed E-state index contributed by atoms with van der Waals surface area (Å²) in [6.45, 7) is 0.672. The minimum absolute atomic E-state index is 0.0722. The van der Waals surface area contributed by atoms with Crippen molar-refractivity contribution in [1.29, 1.82) is 0 Å². The van der Waals surface area contributed by atoms with E-state index in [2.05, 4.69) is 10.2 Å². The standard InChI is InChI=1S/C17H20N4O4/c1-25-12-17(16(23)24)8-5-9-20(11-17)15(22)14-10-18-21(19-14)13-6-3-2-4-7-13/h2-4,6-7,10H,5,8-9,11-12H2,1H3,(H,23,24)/t17-/m1/s1. The van der Waals surface area contributed by atoms with Gasteiger partial charge in [0.2, 0.25) is 0 Å². The lowest BCUT2D eigenvalue weighted by molar-refractivity contribution is -0.155. The average molecular weight is 344 g/mol. The van der Waals surface area contributed by atoms with Crippen molar-refractivity contribution in [2.75, 3.05) is 26.8 Å². The second-order valence-electron chi connectivity index (χ2n) is 6.20. The molecule has 0 saturated carbocycles. The molecule has 2 aromatic rings. The number of aromatic nitrogens is 3. The van der Waals surface area contributed by atoms with Crippen LogP contribution in [-0.4, -0.2) is 63.7 Å². The van der Waals surface area contributed by atoms with Gasteiger partial charge in [-0.05, 0) is 25.0 Å². The lowest BCUT2D eigenvalue weighted by Gasteiger charge is -2.39. The van der Waals surface area contributed by atoms with E-state index in [9.17, 15) is 14.7 Å². The van der Waals surface area contributed by atoms with E-state index >= 15 is 0 Å². The fourth-order valence-electron chi connectivity index (χ4n) is 3.14. The van der Waals surface area contributed by atoms with Gasteiger partial charge in [-0.3, -0.25) is 9.59 Å². The molecule has 0 bridgehead atoms. The number of rotatable bonds is 5. The monoisotopic (exact) mass is 344 g/mol. The number of carboxylic acids is 1. The third-order valence-electron chi connectivity index (χ3n) is 4.44. The molecule has 8 heteroatoms. The van der Waals surface area contributed by atoms with Crippen LogP contribution in [-0.2, 0) is 9.53 Å². The van der Waals surface area contributed by atoms with Crippen LogP contribution in [0.3, 0.4) is 0 Å². The highest BCUT2D eigenvalue weighted by atomic mass is 16.5. The molecule has 0 unspecified atom stereocenters. The summed E-state index contributed by atoms with van der Waals surface area (Å²) in [5, 5.41) is 17.9. The van der Waals surface area contributed by atoms with Crippen molar-refractivity contribution in [3.05, 3.63) is 42.2 Å². The van der Waals surface area contributed by atoms with E-state index in [0.29, 0.717) is 19.4 Å². The molecule has 1 saturated heterocycles. The minimum atomic E-state index is -1.07. The largest absolute Gasteiger partial charge is 0.481 e. The summed E-state index contributed by atoms with van der Waals surface area (Å²) in [5.41, 5.74) is -0.125. The van der Waals surface area contributed by atoms with Gasteiger partial charge in [0.05, 0.1) is 18.5 Å².